The van der Waals surface area contributed by atoms with Crippen LogP contribution < -0.4 is 4.90 Å². The SMILES string of the molecule is O=C1C(=CN(C(=O)c2ccc(Br)cc2)c2ccccc2)Sc2ccccc21. The van der Waals surface area contributed by atoms with Crippen LogP contribution in [0.3, 0.4) is 0 Å². The molecule has 0 N–H and O–H groups in total. The lowest BCUT2D eigenvalue weighted by Crippen LogP contribution is -2.26. The standard InChI is InChI=1S/C22H14BrNO2S/c23-16-12-10-15(11-13-16)22(26)24(17-6-2-1-3-7-17)14-20-21(25)18-8-4-5-9-19(18)27-20/h1-14H. The van der Waals surface area contributed by atoms with Crippen molar-refractivity contribution < 1.29 is 9.59 Å². The zero-order chi connectivity index (χ0) is 18.8. The molecular weight excluding hydrogens is 422 g/mol. The van der Waals surface area contributed by atoms with Gasteiger partial charge in [0.25, 0.3) is 5.91 Å². The van der Waals surface area contributed by atoms with Gasteiger partial charge in [-0.3, -0.25) is 14.5 Å². The molecular formula is C22H14BrNO2S. The van der Waals surface area contributed by atoms with E-state index in [1.54, 1.807) is 18.3 Å². The Morgan fingerprint density at radius 3 is 2.26 bits per heavy atom. The van der Waals surface area contributed by atoms with Gasteiger partial charge in [0, 0.05) is 32.4 Å². The molecule has 0 spiro atoms. The van der Waals surface area contributed by atoms with Gasteiger partial charge in [-0.1, -0.05) is 58.0 Å². The number of rotatable bonds is 3. The summed E-state index contributed by atoms with van der Waals surface area (Å²) in [6.07, 6.45) is 1.65. The molecule has 0 aliphatic carbocycles. The number of hydrogen-bond donors (Lipinski definition) is 0. The molecule has 5 heteroatoms. The summed E-state index contributed by atoms with van der Waals surface area (Å²) in [4.78, 5) is 28.9. The van der Waals surface area contributed by atoms with E-state index in [9.17, 15) is 9.59 Å². The second-order valence-electron chi connectivity index (χ2n) is 5.94. The molecule has 3 aromatic rings. The first-order valence-corrected chi connectivity index (χ1v) is 9.92. The number of thioether (sulfide) groups is 1. The number of allylic oxidation sites excluding steroid dienone is 1. The van der Waals surface area contributed by atoms with Crippen molar-refractivity contribution in [2.24, 2.45) is 0 Å². The number of Topliss-reactive ketones (excluding diaryl/α,β-unsaturated/α-hetero) is 1. The summed E-state index contributed by atoms with van der Waals surface area (Å²) in [5.74, 6) is -0.245. The first-order chi connectivity index (χ1) is 13.1. The number of anilines is 1. The summed E-state index contributed by atoms with van der Waals surface area (Å²) in [5, 5.41) is 0. The zero-order valence-electron chi connectivity index (χ0n) is 14.1. The minimum absolute atomic E-state index is 0.0554. The third-order valence-electron chi connectivity index (χ3n) is 4.17. The van der Waals surface area contributed by atoms with Crippen molar-refractivity contribution in [1.29, 1.82) is 0 Å². The molecule has 0 atom stereocenters. The van der Waals surface area contributed by atoms with E-state index in [1.807, 2.05) is 66.7 Å². The molecule has 1 aliphatic heterocycles. The number of benzene rings is 3. The Balaban J connectivity index is 1.75. The quantitative estimate of drug-likeness (QED) is 0.478. The highest BCUT2D eigenvalue weighted by molar-refractivity contribution is 9.10. The van der Waals surface area contributed by atoms with Crippen LogP contribution in [-0.2, 0) is 0 Å². The Hall–Kier alpha value is -2.63. The fourth-order valence-electron chi connectivity index (χ4n) is 2.81. The van der Waals surface area contributed by atoms with E-state index < -0.39 is 0 Å². The average molecular weight is 436 g/mol. The summed E-state index contributed by atoms with van der Waals surface area (Å²) in [5.41, 5.74) is 1.94. The molecule has 0 saturated heterocycles. The smallest absolute Gasteiger partial charge is 0.262 e. The molecule has 0 fully saturated rings. The van der Waals surface area contributed by atoms with E-state index in [2.05, 4.69) is 15.9 Å². The van der Waals surface area contributed by atoms with Crippen LogP contribution in [0.1, 0.15) is 20.7 Å². The van der Waals surface area contributed by atoms with Gasteiger partial charge in [-0.05, 0) is 48.5 Å². The Morgan fingerprint density at radius 1 is 0.889 bits per heavy atom. The maximum Gasteiger partial charge on any atom is 0.262 e. The summed E-state index contributed by atoms with van der Waals surface area (Å²) in [7, 11) is 0. The predicted molar refractivity (Wildman–Crippen MR) is 112 cm³/mol. The van der Waals surface area contributed by atoms with Gasteiger partial charge in [0.15, 0.2) is 0 Å². The number of halogens is 1. The van der Waals surface area contributed by atoms with E-state index in [0.717, 1.165) is 9.37 Å². The lowest BCUT2D eigenvalue weighted by Gasteiger charge is -2.19. The predicted octanol–water partition coefficient (Wildman–Crippen LogP) is 5.93. The van der Waals surface area contributed by atoms with E-state index in [0.29, 0.717) is 21.7 Å². The van der Waals surface area contributed by atoms with Gasteiger partial charge < -0.3 is 0 Å². The van der Waals surface area contributed by atoms with Crippen LogP contribution >= 0.6 is 27.7 Å². The topological polar surface area (TPSA) is 37.4 Å². The van der Waals surface area contributed by atoms with Crippen LogP contribution in [0.15, 0.2) is 99.3 Å². The van der Waals surface area contributed by atoms with Gasteiger partial charge >= 0.3 is 0 Å². The zero-order valence-corrected chi connectivity index (χ0v) is 16.5. The molecule has 27 heavy (non-hydrogen) atoms. The number of ketones is 1. The Bertz CT molecular complexity index is 1050. The normalized spacial score (nSPS) is 14.3. The van der Waals surface area contributed by atoms with Crippen molar-refractivity contribution in [2.45, 2.75) is 4.90 Å². The molecule has 1 amide bonds. The van der Waals surface area contributed by atoms with E-state index in [-0.39, 0.29) is 11.7 Å². The Kier molecular flexibility index (Phi) is 4.97. The maximum absolute atomic E-state index is 13.2. The number of carbonyl (C=O) groups is 2. The largest absolute Gasteiger partial charge is 0.288 e. The number of nitrogens with zero attached hydrogens (tertiary/aromatic N) is 1. The molecule has 3 nitrogen and oxygen atoms in total. The molecule has 132 valence electrons. The summed E-state index contributed by atoms with van der Waals surface area (Å²) in [6.45, 7) is 0. The van der Waals surface area contributed by atoms with Crippen molar-refractivity contribution >= 4 is 45.1 Å². The third kappa shape index (κ3) is 3.61. The molecule has 0 aromatic heterocycles. The van der Waals surface area contributed by atoms with Gasteiger partial charge in [0.05, 0.1) is 4.91 Å². The van der Waals surface area contributed by atoms with Crippen molar-refractivity contribution in [1.82, 2.24) is 0 Å². The van der Waals surface area contributed by atoms with Gasteiger partial charge in [-0.2, -0.15) is 0 Å². The average Bonchev–Trinajstić information content (AvgIpc) is 3.03. The van der Waals surface area contributed by atoms with E-state index >= 15 is 0 Å². The van der Waals surface area contributed by atoms with Crippen LogP contribution in [0.25, 0.3) is 0 Å². The van der Waals surface area contributed by atoms with Crippen LogP contribution in [0.4, 0.5) is 5.69 Å². The fraction of sp³-hybridized carbons (Fsp3) is 0. The maximum atomic E-state index is 13.2. The molecule has 1 heterocycles. The number of para-hydroxylation sites is 1. The first-order valence-electron chi connectivity index (χ1n) is 8.31. The van der Waals surface area contributed by atoms with Crippen LogP contribution in [0.2, 0.25) is 0 Å². The van der Waals surface area contributed by atoms with Crippen LogP contribution in [0.5, 0.6) is 0 Å². The lowest BCUT2D eigenvalue weighted by atomic mass is 10.1. The minimum atomic E-state index is -0.189. The summed E-state index contributed by atoms with van der Waals surface area (Å²) in [6, 6.07) is 24.0. The molecule has 0 radical (unpaired) electrons. The number of amides is 1. The lowest BCUT2D eigenvalue weighted by molar-refractivity contribution is 0.0997. The van der Waals surface area contributed by atoms with Gasteiger partial charge in [-0.25, -0.2) is 0 Å². The Morgan fingerprint density at radius 2 is 1.56 bits per heavy atom. The second kappa shape index (κ2) is 7.55. The van der Waals surface area contributed by atoms with E-state index in [4.69, 9.17) is 0 Å². The number of fused-ring (bicyclic) bond motifs is 1. The molecule has 4 rings (SSSR count). The molecule has 1 aliphatic rings. The summed E-state index contributed by atoms with van der Waals surface area (Å²) >= 11 is 4.78. The Labute approximate surface area is 169 Å². The van der Waals surface area contributed by atoms with Crippen LogP contribution in [0, 0.1) is 0 Å². The highest BCUT2D eigenvalue weighted by Crippen LogP contribution is 2.40. The monoisotopic (exact) mass is 435 g/mol. The molecule has 0 unspecified atom stereocenters. The third-order valence-corrected chi connectivity index (χ3v) is 5.78. The number of carbonyl (C=O) groups excluding carboxylic acids is 2. The highest BCUT2D eigenvalue weighted by Gasteiger charge is 2.27. The van der Waals surface area contributed by atoms with Gasteiger partial charge in [0.1, 0.15) is 0 Å². The van der Waals surface area contributed by atoms with Crippen molar-refractivity contribution in [2.75, 3.05) is 4.90 Å². The highest BCUT2D eigenvalue weighted by atomic mass is 79.9. The van der Waals surface area contributed by atoms with Crippen molar-refractivity contribution in [3.05, 3.63) is 106 Å². The number of hydrogen-bond acceptors (Lipinski definition) is 3. The van der Waals surface area contributed by atoms with Gasteiger partial charge in [0.2, 0.25) is 5.78 Å². The molecule has 0 saturated carbocycles. The minimum Gasteiger partial charge on any atom is -0.288 e. The van der Waals surface area contributed by atoms with Crippen molar-refractivity contribution in [3.8, 4) is 0 Å². The van der Waals surface area contributed by atoms with E-state index in [1.165, 1.54) is 16.7 Å². The summed E-state index contributed by atoms with van der Waals surface area (Å²) < 4.78 is 0.903. The van der Waals surface area contributed by atoms with Crippen molar-refractivity contribution in [3.63, 3.8) is 0 Å². The molecule has 3 aromatic carbocycles. The first kappa shape index (κ1) is 17.8. The fourth-order valence-corrected chi connectivity index (χ4v) is 4.09. The van der Waals surface area contributed by atoms with Crippen LogP contribution in [-0.4, -0.2) is 11.7 Å². The second-order valence-corrected chi connectivity index (χ2v) is 7.94. The van der Waals surface area contributed by atoms with Gasteiger partial charge in [-0.15, -0.1) is 0 Å². The molecule has 0 bridgehead atoms.